The first-order valence-electron chi connectivity index (χ1n) is 4.42. The summed E-state index contributed by atoms with van der Waals surface area (Å²) in [7, 11) is 1.15. The first-order valence-corrected chi connectivity index (χ1v) is 4.79. The number of benzene rings is 1. The van der Waals surface area contributed by atoms with Crippen molar-refractivity contribution in [2.45, 2.75) is 6.18 Å². The lowest BCUT2D eigenvalue weighted by Crippen LogP contribution is -2.08. The molecule has 1 aromatic carbocycles. The topological polar surface area (TPSA) is 21.6 Å². The van der Waals surface area contributed by atoms with Gasteiger partial charge in [-0.1, -0.05) is 18.2 Å². The van der Waals surface area contributed by atoms with Gasteiger partial charge in [0.15, 0.2) is 0 Å². The number of rotatable bonds is 3. The number of methoxy groups -OCH3 is 1. The molecule has 0 spiro atoms. The maximum Gasteiger partial charge on any atom is 0.419 e. The lowest BCUT2D eigenvalue weighted by Gasteiger charge is -2.14. The Hall–Kier alpha value is -1.49. The van der Waals surface area contributed by atoms with Crippen LogP contribution >= 0.6 is 11.6 Å². The molecule has 0 aliphatic carbocycles. The molecule has 0 atom stereocenters. The fraction of sp³-hybridized carbons (Fsp3) is 0.182. The zero-order valence-corrected chi connectivity index (χ0v) is 9.69. The van der Waals surface area contributed by atoms with Crippen molar-refractivity contribution in [1.29, 1.82) is 0 Å². The molecule has 0 saturated carbocycles. The highest BCUT2D eigenvalue weighted by Gasteiger charge is 2.35. The van der Waals surface area contributed by atoms with Crippen molar-refractivity contribution in [3.05, 3.63) is 29.8 Å². The summed E-state index contributed by atoms with van der Waals surface area (Å²) in [6.07, 6.45) is -4.54. The molecule has 1 aromatic rings. The van der Waals surface area contributed by atoms with Gasteiger partial charge in [0.25, 0.3) is 0 Å². The van der Waals surface area contributed by atoms with Crippen LogP contribution in [0.25, 0.3) is 5.03 Å². The summed E-state index contributed by atoms with van der Waals surface area (Å²) in [6.45, 7) is 6.64. The highest BCUT2D eigenvalue weighted by atomic mass is 35.5. The van der Waals surface area contributed by atoms with Crippen LogP contribution < -0.4 is 4.74 Å². The van der Waals surface area contributed by atoms with E-state index in [-0.39, 0.29) is 22.0 Å². The van der Waals surface area contributed by atoms with Crippen molar-refractivity contribution in [2.75, 3.05) is 7.11 Å². The lowest BCUT2D eigenvalue weighted by atomic mass is 10.1. The van der Waals surface area contributed by atoms with Gasteiger partial charge >= 0.3 is 6.18 Å². The second-order valence-corrected chi connectivity index (χ2v) is 3.59. The fourth-order valence-corrected chi connectivity index (χ4v) is 1.46. The number of hydrogen-bond acceptors (Lipinski definition) is 2. The highest BCUT2D eigenvalue weighted by Crippen LogP contribution is 2.41. The summed E-state index contributed by atoms with van der Waals surface area (Å²) < 4.78 is 42.8. The Morgan fingerprint density at radius 3 is 2.35 bits per heavy atom. The molecule has 0 saturated heterocycles. The predicted octanol–water partition coefficient (Wildman–Crippen LogP) is 4.26. The second-order valence-electron chi connectivity index (χ2n) is 3.13. The van der Waals surface area contributed by atoms with E-state index in [0.717, 1.165) is 19.2 Å². The van der Waals surface area contributed by atoms with E-state index in [1.165, 1.54) is 0 Å². The van der Waals surface area contributed by atoms with Crippen LogP contribution in [0.5, 0.6) is 5.75 Å². The van der Waals surface area contributed by atoms with E-state index >= 15 is 0 Å². The van der Waals surface area contributed by atoms with E-state index in [2.05, 4.69) is 23.0 Å². The lowest BCUT2D eigenvalue weighted by molar-refractivity contribution is -0.138. The van der Waals surface area contributed by atoms with E-state index < -0.39 is 11.7 Å². The number of halogens is 4. The van der Waals surface area contributed by atoms with Crippen LogP contribution in [-0.4, -0.2) is 13.8 Å². The van der Waals surface area contributed by atoms with E-state index in [1.807, 2.05) is 0 Å². The maximum absolute atomic E-state index is 12.7. The first-order chi connectivity index (χ1) is 7.81. The molecule has 0 unspecified atom stereocenters. The Balaban J connectivity index is 3.56. The fourth-order valence-electron chi connectivity index (χ4n) is 1.31. The Morgan fingerprint density at radius 2 is 2.00 bits per heavy atom. The van der Waals surface area contributed by atoms with E-state index in [0.29, 0.717) is 0 Å². The SMILES string of the molecule is C=Nc1cc(OC)c(C(F)(F)F)cc1C(=C)Cl. The van der Waals surface area contributed by atoms with Crippen molar-refractivity contribution in [2.24, 2.45) is 4.99 Å². The van der Waals surface area contributed by atoms with Crippen LogP contribution in [0.2, 0.25) is 0 Å². The van der Waals surface area contributed by atoms with Crippen LogP contribution in [-0.2, 0) is 6.18 Å². The van der Waals surface area contributed by atoms with E-state index in [1.54, 1.807) is 0 Å². The van der Waals surface area contributed by atoms with Crippen LogP contribution in [0.4, 0.5) is 18.9 Å². The second kappa shape index (κ2) is 4.79. The summed E-state index contributed by atoms with van der Waals surface area (Å²) in [6, 6.07) is 1.97. The standard InChI is InChI=1S/C11H9ClF3NO/c1-6(12)7-4-8(11(13,14)15)10(17-3)5-9(7)16-2/h4-5H,1-2H2,3H3. The Labute approximate surface area is 101 Å². The first kappa shape index (κ1) is 13.6. The molecule has 0 radical (unpaired) electrons. The predicted molar refractivity (Wildman–Crippen MR) is 62.1 cm³/mol. The quantitative estimate of drug-likeness (QED) is 0.747. The third-order valence-electron chi connectivity index (χ3n) is 2.09. The van der Waals surface area contributed by atoms with Crippen molar-refractivity contribution >= 4 is 29.0 Å². The summed E-state index contributed by atoms with van der Waals surface area (Å²) in [5, 5.41) is -0.0412. The zero-order chi connectivity index (χ0) is 13.2. The molecule has 0 aromatic heterocycles. The molecule has 1 rings (SSSR count). The third-order valence-corrected chi connectivity index (χ3v) is 2.29. The minimum absolute atomic E-state index is 0.0412. The van der Waals surface area contributed by atoms with Crippen LogP contribution in [0, 0.1) is 0 Å². The summed E-state index contributed by atoms with van der Waals surface area (Å²) in [4.78, 5) is 3.58. The van der Waals surface area contributed by atoms with Gasteiger partial charge in [0.1, 0.15) is 5.75 Å². The molecule has 17 heavy (non-hydrogen) atoms. The smallest absolute Gasteiger partial charge is 0.419 e. The molecule has 6 heteroatoms. The molecule has 2 nitrogen and oxygen atoms in total. The molecule has 0 heterocycles. The minimum Gasteiger partial charge on any atom is -0.496 e. The van der Waals surface area contributed by atoms with Crippen molar-refractivity contribution < 1.29 is 17.9 Å². The summed E-state index contributed by atoms with van der Waals surface area (Å²) in [5.74, 6) is -0.332. The van der Waals surface area contributed by atoms with Gasteiger partial charge < -0.3 is 4.74 Å². The van der Waals surface area contributed by atoms with Crippen molar-refractivity contribution in [3.8, 4) is 5.75 Å². The number of alkyl halides is 3. The van der Waals surface area contributed by atoms with Crippen molar-refractivity contribution in [1.82, 2.24) is 0 Å². The van der Waals surface area contributed by atoms with Crippen molar-refractivity contribution in [3.63, 3.8) is 0 Å². The molecular formula is C11H9ClF3NO. The van der Waals surface area contributed by atoms with Gasteiger partial charge in [-0.05, 0) is 12.8 Å². The van der Waals surface area contributed by atoms with E-state index in [4.69, 9.17) is 11.6 Å². The average Bonchev–Trinajstić information content (AvgIpc) is 2.25. The normalized spacial score (nSPS) is 11.1. The molecule has 0 amide bonds. The van der Waals surface area contributed by atoms with Gasteiger partial charge in [0.2, 0.25) is 0 Å². The molecule has 0 aliphatic rings. The maximum atomic E-state index is 12.7. The Bertz CT molecular complexity index is 469. The highest BCUT2D eigenvalue weighted by molar-refractivity contribution is 6.48. The number of hydrogen-bond donors (Lipinski definition) is 0. The number of nitrogens with zero attached hydrogens (tertiary/aromatic N) is 1. The van der Waals surface area contributed by atoms with E-state index in [9.17, 15) is 13.2 Å². The van der Waals surface area contributed by atoms with Crippen LogP contribution in [0.15, 0.2) is 23.7 Å². The largest absolute Gasteiger partial charge is 0.496 e. The summed E-state index contributed by atoms with van der Waals surface area (Å²) >= 11 is 5.61. The zero-order valence-electron chi connectivity index (χ0n) is 8.94. The van der Waals surface area contributed by atoms with Gasteiger partial charge in [-0.2, -0.15) is 13.2 Å². The number of aliphatic imine (C=N–C) groups is 1. The molecular weight excluding hydrogens is 255 g/mol. The third kappa shape index (κ3) is 2.79. The molecule has 0 fully saturated rings. The molecule has 0 aliphatic heterocycles. The van der Waals surface area contributed by atoms with Gasteiger partial charge in [-0.3, -0.25) is 4.99 Å². The molecule has 92 valence electrons. The average molecular weight is 264 g/mol. The molecule has 0 bridgehead atoms. The monoisotopic (exact) mass is 263 g/mol. The van der Waals surface area contributed by atoms with Gasteiger partial charge in [0.05, 0.1) is 18.4 Å². The van der Waals surface area contributed by atoms with Crippen LogP contribution in [0.1, 0.15) is 11.1 Å². The van der Waals surface area contributed by atoms with Gasteiger partial charge in [-0.25, -0.2) is 0 Å². The Kier molecular flexibility index (Phi) is 3.83. The minimum atomic E-state index is -4.54. The Morgan fingerprint density at radius 1 is 1.41 bits per heavy atom. The van der Waals surface area contributed by atoms with Crippen LogP contribution in [0.3, 0.4) is 0 Å². The van der Waals surface area contributed by atoms with Gasteiger partial charge in [0, 0.05) is 16.7 Å². The number of ether oxygens (including phenoxy) is 1. The van der Waals surface area contributed by atoms with Gasteiger partial charge in [-0.15, -0.1) is 0 Å². The summed E-state index contributed by atoms with van der Waals surface area (Å²) in [5.41, 5.74) is -0.658. The molecule has 0 N–H and O–H groups in total.